The molecule has 2 nitrogen and oxygen atoms in total. The second-order valence-electron chi connectivity index (χ2n) is 4.12. The highest BCUT2D eigenvalue weighted by Crippen LogP contribution is 2.33. The minimum absolute atomic E-state index is 0.381. The second-order valence-corrected chi connectivity index (χ2v) is 5.93. The average molecular weight is 252 g/mol. The molecule has 4 heteroatoms. The van der Waals surface area contributed by atoms with Gasteiger partial charge < -0.3 is 5.73 Å². The van der Waals surface area contributed by atoms with E-state index in [1.54, 1.807) is 6.20 Å². The normalized spacial score (nSPS) is 17.2. The Hall–Kier alpha value is -0.610. The van der Waals surface area contributed by atoms with Crippen LogP contribution in [0.3, 0.4) is 0 Å². The summed E-state index contributed by atoms with van der Waals surface area (Å²) in [7, 11) is 0. The van der Waals surface area contributed by atoms with Crippen LogP contribution in [0.5, 0.6) is 0 Å². The Kier molecular flexibility index (Phi) is 4.18. The molecule has 1 aromatic rings. The van der Waals surface area contributed by atoms with E-state index in [1.807, 2.05) is 23.9 Å². The van der Waals surface area contributed by atoms with Gasteiger partial charge in [0.25, 0.3) is 0 Å². The van der Waals surface area contributed by atoms with Crippen LogP contribution in [-0.4, -0.2) is 15.2 Å². The van der Waals surface area contributed by atoms with Gasteiger partial charge in [-0.2, -0.15) is 0 Å². The molecule has 1 aliphatic rings. The fourth-order valence-electron chi connectivity index (χ4n) is 1.99. The molecule has 2 rings (SSSR count). The van der Waals surface area contributed by atoms with E-state index in [9.17, 15) is 0 Å². The molecule has 1 aromatic heterocycles. The van der Waals surface area contributed by atoms with E-state index in [0.29, 0.717) is 4.99 Å². The SMILES string of the molecule is NC(=S)c1cc(SC2CCCCC2)ccn1. The van der Waals surface area contributed by atoms with Gasteiger partial charge in [-0.25, -0.2) is 0 Å². The van der Waals surface area contributed by atoms with Crippen molar-refractivity contribution in [2.24, 2.45) is 5.73 Å². The first kappa shape index (κ1) is 11.9. The highest BCUT2D eigenvalue weighted by molar-refractivity contribution is 8.00. The summed E-state index contributed by atoms with van der Waals surface area (Å²) in [4.78, 5) is 5.77. The molecular weight excluding hydrogens is 236 g/mol. The molecule has 0 radical (unpaired) electrons. The smallest absolute Gasteiger partial charge is 0.122 e. The molecule has 0 amide bonds. The molecule has 86 valence electrons. The number of rotatable bonds is 3. The van der Waals surface area contributed by atoms with Crippen molar-refractivity contribution < 1.29 is 0 Å². The molecule has 2 N–H and O–H groups in total. The zero-order valence-electron chi connectivity index (χ0n) is 9.19. The summed E-state index contributed by atoms with van der Waals surface area (Å²) in [6, 6.07) is 4.04. The molecule has 0 spiro atoms. The van der Waals surface area contributed by atoms with Crippen LogP contribution < -0.4 is 5.73 Å². The van der Waals surface area contributed by atoms with E-state index in [0.717, 1.165) is 10.9 Å². The molecule has 0 saturated heterocycles. The summed E-state index contributed by atoms with van der Waals surface area (Å²) in [6.07, 6.45) is 8.58. The number of thioether (sulfide) groups is 1. The predicted molar refractivity (Wildman–Crippen MR) is 72.9 cm³/mol. The van der Waals surface area contributed by atoms with Crippen LogP contribution in [0.2, 0.25) is 0 Å². The standard InChI is InChI=1S/C12H16N2S2/c13-12(15)11-8-10(6-7-14-11)16-9-4-2-1-3-5-9/h6-9H,1-5H2,(H2,13,15). The van der Waals surface area contributed by atoms with Gasteiger partial charge in [-0.05, 0) is 25.0 Å². The Bertz CT molecular complexity index is 373. The Morgan fingerprint density at radius 3 is 2.81 bits per heavy atom. The molecule has 0 atom stereocenters. The number of nitrogens with zero attached hydrogens (tertiary/aromatic N) is 1. The summed E-state index contributed by atoms with van der Waals surface area (Å²) in [5.41, 5.74) is 6.31. The highest BCUT2D eigenvalue weighted by Gasteiger charge is 2.14. The number of pyridine rings is 1. The summed E-state index contributed by atoms with van der Waals surface area (Å²) in [6.45, 7) is 0. The lowest BCUT2D eigenvalue weighted by Crippen LogP contribution is -2.12. The Morgan fingerprint density at radius 2 is 2.12 bits per heavy atom. The van der Waals surface area contributed by atoms with Gasteiger partial charge in [0.2, 0.25) is 0 Å². The molecule has 1 heterocycles. The zero-order valence-corrected chi connectivity index (χ0v) is 10.8. The van der Waals surface area contributed by atoms with Crippen LogP contribution in [0.4, 0.5) is 0 Å². The van der Waals surface area contributed by atoms with E-state index in [-0.39, 0.29) is 0 Å². The fraction of sp³-hybridized carbons (Fsp3) is 0.500. The van der Waals surface area contributed by atoms with Crippen LogP contribution in [-0.2, 0) is 0 Å². The van der Waals surface area contributed by atoms with Crippen LogP contribution in [0.1, 0.15) is 37.8 Å². The number of aromatic nitrogens is 1. The fourth-order valence-corrected chi connectivity index (χ4v) is 3.38. The summed E-state index contributed by atoms with van der Waals surface area (Å²) in [5.74, 6) is 0. The van der Waals surface area contributed by atoms with Crippen molar-refractivity contribution in [1.29, 1.82) is 0 Å². The van der Waals surface area contributed by atoms with Crippen molar-refractivity contribution in [2.45, 2.75) is 42.2 Å². The molecular formula is C12H16N2S2. The molecule has 0 aliphatic heterocycles. The van der Waals surface area contributed by atoms with Gasteiger partial charge in [0.1, 0.15) is 4.99 Å². The third-order valence-corrected chi connectivity index (χ3v) is 4.38. The number of thiocarbonyl (C=S) groups is 1. The van der Waals surface area contributed by atoms with Gasteiger partial charge in [0.05, 0.1) is 5.69 Å². The van der Waals surface area contributed by atoms with Crippen molar-refractivity contribution in [1.82, 2.24) is 4.98 Å². The zero-order chi connectivity index (χ0) is 11.4. The molecule has 1 fully saturated rings. The summed E-state index contributed by atoms with van der Waals surface area (Å²) >= 11 is 6.87. The maximum Gasteiger partial charge on any atom is 0.122 e. The van der Waals surface area contributed by atoms with Gasteiger partial charge in [-0.1, -0.05) is 31.5 Å². The first-order valence-electron chi connectivity index (χ1n) is 5.68. The minimum Gasteiger partial charge on any atom is -0.388 e. The third-order valence-electron chi connectivity index (χ3n) is 2.84. The Morgan fingerprint density at radius 1 is 1.38 bits per heavy atom. The third kappa shape index (κ3) is 3.19. The average Bonchev–Trinajstić information content (AvgIpc) is 2.30. The van der Waals surface area contributed by atoms with Crippen LogP contribution in [0.15, 0.2) is 23.2 Å². The molecule has 0 bridgehead atoms. The topological polar surface area (TPSA) is 38.9 Å². The predicted octanol–water partition coefficient (Wildman–Crippen LogP) is 3.14. The van der Waals surface area contributed by atoms with E-state index in [2.05, 4.69) is 4.98 Å². The lowest BCUT2D eigenvalue weighted by Gasteiger charge is -2.20. The maximum absolute atomic E-state index is 5.58. The van der Waals surface area contributed by atoms with E-state index >= 15 is 0 Å². The lowest BCUT2D eigenvalue weighted by atomic mass is 10.0. The number of hydrogen-bond acceptors (Lipinski definition) is 3. The molecule has 0 unspecified atom stereocenters. The summed E-state index contributed by atoms with van der Waals surface area (Å²) in [5, 5.41) is 0.760. The Balaban J connectivity index is 2.02. The minimum atomic E-state index is 0.381. The van der Waals surface area contributed by atoms with Crippen molar-refractivity contribution >= 4 is 29.0 Å². The van der Waals surface area contributed by atoms with Gasteiger partial charge in [0, 0.05) is 16.3 Å². The number of hydrogen-bond donors (Lipinski definition) is 1. The van der Waals surface area contributed by atoms with Gasteiger partial charge in [-0.3, -0.25) is 4.98 Å². The molecule has 0 aromatic carbocycles. The second kappa shape index (κ2) is 5.64. The van der Waals surface area contributed by atoms with Crippen molar-refractivity contribution in [3.8, 4) is 0 Å². The van der Waals surface area contributed by atoms with E-state index < -0.39 is 0 Å². The van der Waals surface area contributed by atoms with E-state index in [4.69, 9.17) is 18.0 Å². The van der Waals surface area contributed by atoms with Crippen molar-refractivity contribution in [3.05, 3.63) is 24.0 Å². The van der Waals surface area contributed by atoms with Gasteiger partial charge in [-0.15, -0.1) is 11.8 Å². The maximum atomic E-state index is 5.58. The Labute approximate surface area is 106 Å². The number of nitrogens with two attached hydrogens (primary N) is 1. The van der Waals surface area contributed by atoms with Gasteiger partial charge >= 0.3 is 0 Å². The van der Waals surface area contributed by atoms with Crippen LogP contribution in [0.25, 0.3) is 0 Å². The molecule has 1 aliphatic carbocycles. The first-order chi connectivity index (χ1) is 7.75. The monoisotopic (exact) mass is 252 g/mol. The van der Waals surface area contributed by atoms with Gasteiger partial charge in [0.15, 0.2) is 0 Å². The lowest BCUT2D eigenvalue weighted by molar-refractivity contribution is 0.516. The summed E-state index contributed by atoms with van der Waals surface area (Å²) < 4.78 is 0. The molecule has 16 heavy (non-hydrogen) atoms. The first-order valence-corrected chi connectivity index (χ1v) is 6.97. The quantitative estimate of drug-likeness (QED) is 0.839. The van der Waals surface area contributed by atoms with Crippen molar-refractivity contribution in [2.75, 3.05) is 0 Å². The highest BCUT2D eigenvalue weighted by atomic mass is 32.2. The molecule has 1 saturated carbocycles. The van der Waals surface area contributed by atoms with Crippen molar-refractivity contribution in [3.63, 3.8) is 0 Å². The van der Waals surface area contributed by atoms with Crippen LogP contribution in [0, 0.1) is 0 Å². The largest absolute Gasteiger partial charge is 0.388 e. The van der Waals surface area contributed by atoms with Crippen LogP contribution >= 0.6 is 24.0 Å². The van der Waals surface area contributed by atoms with E-state index in [1.165, 1.54) is 37.0 Å².